The summed E-state index contributed by atoms with van der Waals surface area (Å²) < 4.78 is 4.07. The number of nitriles is 2. The maximum Gasteiger partial charge on any atom is 0.346 e. The molecule has 0 saturated heterocycles. The Hall–Kier alpha value is -1.00. The first-order chi connectivity index (χ1) is 2.91. The zero-order valence-corrected chi connectivity index (χ0v) is 4.42. The molecule has 4 heteroatoms. The fraction of sp³-hybridized carbons (Fsp3) is 0. The maximum atomic E-state index is 7.73. The molecule has 0 atom stereocenters. The van der Waals surface area contributed by atoms with Crippen LogP contribution in [-0.4, -0.2) is 9.76 Å². The zero-order chi connectivity index (χ0) is 4.83. The SMILES string of the molecule is N#CO[SiH2]C#N. The van der Waals surface area contributed by atoms with Crippen LogP contribution in [0, 0.1) is 22.5 Å². The predicted octanol–water partition coefficient (Wildman–Crippen LogP) is -0.951. The van der Waals surface area contributed by atoms with Gasteiger partial charge in [0.2, 0.25) is 0 Å². The minimum atomic E-state index is -1.13. The van der Waals surface area contributed by atoms with Gasteiger partial charge in [0.1, 0.15) is 0 Å². The summed E-state index contributed by atoms with van der Waals surface area (Å²) in [6.07, 6.45) is 1.41. The van der Waals surface area contributed by atoms with Crippen LogP contribution < -0.4 is 0 Å². The van der Waals surface area contributed by atoms with Crippen molar-refractivity contribution in [3.63, 3.8) is 0 Å². The van der Waals surface area contributed by atoms with Crippen LogP contribution in [0.15, 0.2) is 0 Å². The van der Waals surface area contributed by atoms with Gasteiger partial charge in [0.05, 0.1) is 5.69 Å². The maximum absolute atomic E-state index is 7.73. The van der Waals surface area contributed by atoms with Gasteiger partial charge in [-0.05, 0) is 0 Å². The highest BCUT2D eigenvalue weighted by molar-refractivity contribution is 6.37. The monoisotopic (exact) mass is 98.0 g/mol. The average molecular weight is 98.1 g/mol. The van der Waals surface area contributed by atoms with Gasteiger partial charge >= 0.3 is 9.76 Å². The Kier molecular flexibility index (Phi) is 3.33. The van der Waals surface area contributed by atoms with Crippen LogP contribution in [0.1, 0.15) is 0 Å². The van der Waals surface area contributed by atoms with E-state index in [0.29, 0.717) is 0 Å². The van der Waals surface area contributed by atoms with Gasteiger partial charge in [0, 0.05) is 0 Å². The van der Waals surface area contributed by atoms with E-state index in [2.05, 4.69) is 4.43 Å². The summed E-state index contributed by atoms with van der Waals surface area (Å²) in [5.41, 5.74) is 1.76. The Bertz CT molecular complexity index is 85.1. The molecule has 6 heavy (non-hydrogen) atoms. The lowest BCUT2D eigenvalue weighted by molar-refractivity contribution is 0.553. The van der Waals surface area contributed by atoms with Crippen LogP contribution in [-0.2, 0) is 4.43 Å². The molecule has 0 aromatic rings. The molecule has 0 heterocycles. The molecule has 0 saturated carbocycles. The van der Waals surface area contributed by atoms with Crippen molar-refractivity contribution in [1.82, 2.24) is 0 Å². The van der Waals surface area contributed by atoms with E-state index in [1.54, 1.807) is 5.69 Å². The first-order valence-corrected chi connectivity index (χ1v) is 2.58. The standard InChI is InChI=1S/C2H2N2OSi/c3-1-5-6-2-4/h6H2. The second-order valence-electron chi connectivity index (χ2n) is 0.538. The van der Waals surface area contributed by atoms with E-state index in [4.69, 9.17) is 10.5 Å². The number of rotatable bonds is 1. The lowest BCUT2D eigenvalue weighted by Gasteiger charge is -1.73. The topological polar surface area (TPSA) is 56.8 Å². The molecule has 0 aromatic heterocycles. The van der Waals surface area contributed by atoms with Gasteiger partial charge in [0.25, 0.3) is 6.26 Å². The Morgan fingerprint density at radius 2 is 2.17 bits per heavy atom. The highest BCUT2D eigenvalue weighted by atomic mass is 28.2. The van der Waals surface area contributed by atoms with Gasteiger partial charge in [-0.25, -0.2) is 5.26 Å². The number of hydrogen-bond acceptors (Lipinski definition) is 3. The smallest absolute Gasteiger partial charge is 0.346 e. The van der Waals surface area contributed by atoms with Gasteiger partial charge in [-0.2, -0.15) is 5.26 Å². The summed E-state index contributed by atoms with van der Waals surface area (Å²) in [6.45, 7) is 0. The minimum Gasteiger partial charge on any atom is -0.472 e. The largest absolute Gasteiger partial charge is 0.472 e. The van der Waals surface area contributed by atoms with Crippen LogP contribution in [0.25, 0.3) is 0 Å². The first kappa shape index (κ1) is 5.00. The third-order valence-electron chi connectivity index (χ3n) is 0.201. The van der Waals surface area contributed by atoms with Crippen molar-refractivity contribution in [1.29, 1.82) is 10.5 Å². The van der Waals surface area contributed by atoms with Crippen LogP contribution in [0.3, 0.4) is 0 Å². The average Bonchev–Trinajstić information content (AvgIpc) is 1.61. The number of hydrogen-bond donors (Lipinski definition) is 0. The van der Waals surface area contributed by atoms with Gasteiger partial charge in [-0.15, -0.1) is 0 Å². The molecule has 0 radical (unpaired) electrons. The third kappa shape index (κ3) is 3.00. The van der Waals surface area contributed by atoms with Crippen molar-refractivity contribution in [2.75, 3.05) is 0 Å². The molecule has 0 aromatic carbocycles. The molecule has 0 unspecified atom stereocenters. The Labute approximate surface area is 37.7 Å². The molecular weight excluding hydrogens is 96.1 g/mol. The van der Waals surface area contributed by atoms with Crippen molar-refractivity contribution in [3.05, 3.63) is 0 Å². The van der Waals surface area contributed by atoms with E-state index in [9.17, 15) is 0 Å². The van der Waals surface area contributed by atoms with E-state index in [1.807, 2.05) is 0 Å². The summed E-state index contributed by atoms with van der Waals surface area (Å²) in [7, 11) is -1.13. The van der Waals surface area contributed by atoms with E-state index in [1.165, 1.54) is 6.26 Å². The van der Waals surface area contributed by atoms with Gasteiger partial charge in [-0.3, -0.25) is 0 Å². The molecule has 0 aliphatic carbocycles. The summed E-state index contributed by atoms with van der Waals surface area (Å²) in [6, 6.07) is 0. The molecular formula is C2H2N2OSi. The Morgan fingerprint density at radius 1 is 1.50 bits per heavy atom. The molecule has 30 valence electrons. The molecule has 0 amide bonds. The summed E-state index contributed by atoms with van der Waals surface area (Å²) >= 11 is 0. The van der Waals surface area contributed by atoms with Crippen LogP contribution in [0.2, 0.25) is 0 Å². The fourth-order valence-electron chi connectivity index (χ4n) is 0.0645. The van der Waals surface area contributed by atoms with E-state index in [0.717, 1.165) is 0 Å². The lowest BCUT2D eigenvalue weighted by Crippen LogP contribution is -1.84. The van der Waals surface area contributed by atoms with Gasteiger partial charge in [0.15, 0.2) is 0 Å². The summed E-state index contributed by atoms with van der Waals surface area (Å²) in [5.74, 6) is 0. The van der Waals surface area contributed by atoms with E-state index >= 15 is 0 Å². The van der Waals surface area contributed by atoms with Crippen molar-refractivity contribution < 1.29 is 4.43 Å². The Balaban J connectivity index is 2.78. The van der Waals surface area contributed by atoms with Crippen LogP contribution in [0.5, 0.6) is 0 Å². The van der Waals surface area contributed by atoms with Gasteiger partial charge < -0.3 is 4.43 Å². The van der Waals surface area contributed by atoms with Gasteiger partial charge in [-0.1, -0.05) is 0 Å². The highest BCUT2D eigenvalue weighted by Gasteiger charge is 1.73. The molecule has 3 nitrogen and oxygen atoms in total. The van der Waals surface area contributed by atoms with Crippen molar-refractivity contribution in [2.45, 2.75) is 0 Å². The van der Waals surface area contributed by atoms with Crippen molar-refractivity contribution in [3.8, 4) is 11.9 Å². The van der Waals surface area contributed by atoms with E-state index < -0.39 is 9.76 Å². The molecule has 0 fully saturated rings. The predicted molar refractivity (Wildman–Crippen MR) is 20.9 cm³/mol. The zero-order valence-electron chi connectivity index (χ0n) is 3.01. The van der Waals surface area contributed by atoms with E-state index in [-0.39, 0.29) is 0 Å². The lowest BCUT2D eigenvalue weighted by atomic mass is 11.6. The van der Waals surface area contributed by atoms with Crippen molar-refractivity contribution >= 4 is 9.76 Å². The second-order valence-corrected chi connectivity index (χ2v) is 1.43. The molecule has 0 aliphatic heterocycles. The quantitative estimate of drug-likeness (QED) is 0.241. The highest BCUT2D eigenvalue weighted by Crippen LogP contribution is 1.55. The second kappa shape index (κ2) is 4.00. The summed E-state index contributed by atoms with van der Waals surface area (Å²) in [4.78, 5) is 0. The van der Waals surface area contributed by atoms with Crippen LogP contribution >= 0.6 is 0 Å². The molecule has 0 aliphatic rings. The van der Waals surface area contributed by atoms with Crippen LogP contribution in [0.4, 0.5) is 0 Å². The molecule has 0 spiro atoms. The summed E-state index contributed by atoms with van der Waals surface area (Å²) in [5, 5.41) is 15.3. The number of nitrogens with zero attached hydrogens (tertiary/aromatic N) is 2. The van der Waals surface area contributed by atoms with Crippen molar-refractivity contribution in [2.24, 2.45) is 0 Å². The molecule has 0 bridgehead atoms. The molecule has 0 rings (SSSR count). The Morgan fingerprint density at radius 3 is 2.33 bits per heavy atom. The molecule has 0 N–H and O–H groups in total. The minimum absolute atomic E-state index is 1.13. The third-order valence-corrected chi connectivity index (χ3v) is 0.604. The fourth-order valence-corrected chi connectivity index (χ4v) is 0.194. The first-order valence-electron chi connectivity index (χ1n) is 1.29. The normalized spacial score (nSPS) is 7.00.